The minimum Gasteiger partial charge on any atom is -0.380 e. The number of nitrogens with zero attached hydrogens (tertiary/aromatic N) is 2. The van der Waals surface area contributed by atoms with Crippen molar-refractivity contribution in [3.05, 3.63) is 30.1 Å². The summed E-state index contributed by atoms with van der Waals surface area (Å²) < 4.78 is 7.64. The molecule has 22 heavy (non-hydrogen) atoms. The molecule has 5 nitrogen and oxygen atoms in total. The Balaban J connectivity index is 1.85. The summed E-state index contributed by atoms with van der Waals surface area (Å²) in [7, 11) is 0. The van der Waals surface area contributed by atoms with Crippen molar-refractivity contribution in [3.8, 4) is 0 Å². The Morgan fingerprint density at radius 3 is 2.95 bits per heavy atom. The van der Waals surface area contributed by atoms with Gasteiger partial charge < -0.3 is 14.6 Å². The number of nitrogens with one attached hydrogen (secondary N) is 1. The van der Waals surface area contributed by atoms with Gasteiger partial charge in [0.1, 0.15) is 5.82 Å². The number of benzene rings is 1. The second kappa shape index (κ2) is 6.48. The van der Waals surface area contributed by atoms with Gasteiger partial charge in [-0.3, -0.25) is 4.79 Å². The van der Waals surface area contributed by atoms with E-state index < -0.39 is 0 Å². The fourth-order valence-electron chi connectivity index (χ4n) is 2.70. The van der Waals surface area contributed by atoms with Gasteiger partial charge in [0.25, 0.3) is 0 Å². The van der Waals surface area contributed by atoms with E-state index in [0.29, 0.717) is 13.2 Å². The first-order valence-electron chi connectivity index (χ1n) is 8.04. The third-order valence-electron chi connectivity index (χ3n) is 4.04. The summed E-state index contributed by atoms with van der Waals surface area (Å²) in [5.41, 5.74) is 2.05. The predicted octanol–water partition coefficient (Wildman–Crippen LogP) is 2.66. The Bertz CT molecular complexity index is 661. The number of hydrogen-bond donors (Lipinski definition) is 1. The van der Waals surface area contributed by atoms with Crippen molar-refractivity contribution in [1.29, 1.82) is 0 Å². The number of carbonyl (C=O) groups is 1. The van der Waals surface area contributed by atoms with Crippen LogP contribution in [0.5, 0.6) is 0 Å². The summed E-state index contributed by atoms with van der Waals surface area (Å²) in [6.07, 6.45) is 2.03. The molecule has 1 unspecified atom stereocenters. The molecule has 0 aliphatic heterocycles. The van der Waals surface area contributed by atoms with Crippen LogP contribution in [0, 0.1) is 5.92 Å². The zero-order valence-corrected chi connectivity index (χ0v) is 13.2. The van der Waals surface area contributed by atoms with Crippen LogP contribution in [0.25, 0.3) is 11.0 Å². The first kappa shape index (κ1) is 15.0. The molecule has 0 spiro atoms. The molecule has 0 bridgehead atoms. The second-order valence-corrected chi connectivity index (χ2v) is 5.81. The SMILES string of the molecule is CCOCCn1c(C(C)NC(=O)C2CC2)nc2ccccc21. The molecule has 1 N–H and O–H groups in total. The van der Waals surface area contributed by atoms with Crippen LogP contribution in [0.15, 0.2) is 24.3 Å². The van der Waals surface area contributed by atoms with Crippen LogP contribution in [0.4, 0.5) is 0 Å². The summed E-state index contributed by atoms with van der Waals surface area (Å²) in [6.45, 7) is 6.08. The van der Waals surface area contributed by atoms with Crippen LogP contribution in [-0.4, -0.2) is 28.7 Å². The number of imidazole rings is 1. The van der Waals surface area contributed by atoms with E-state index in [4.69, 9.17) is 9.72 Å². The summed E-state index contributed by atoms with van der Waals surface area (Å²) in [5.74, 6) is 1.26. The summed E-state index contributed by atoms with van der Waals surface area (Å²) >= 11 is 0. The number of amides is 1. The van der Waals surface area contributed by atoms with Gasteiger partial charge in [-0.25, -0.2) is 4.98 Å². The lowest BCUT2D eigenvalue weighted by Crippen LogP contribution is -2.30. The van der Waals surface area contributed by atoms with E-state index in [-0.39, 0.29) is 17.9 Å². The molecule has 118 valence electrons. The quantitative estimate of drug-likeness (QED) is 0.800. The highest BCUT2D eigenvalue weighted by atomic mass is 16.5. The second-order valence-electron chi connectivity index (χ2n) is 5.81. The van der Waals surface area contributed by atoms with E-state index in [0.717, 1.165) is 36.2 Å². The van der Waals surface area contributed by atoms with E-state index in [1.807, 2.05) is 32.0 Å². The number of aromatic nitrogens is 2. The molecule has 5 heteroatoms. The van der Waals surface area contributed by atoms with Crippen molar-refractivity contribution >= 4 is 16.9 Å². The highest BCUT2D eigenvalue weighted by Gasteiger charge is 2.31. The van der Waals surface area contributed by atoms with E-state index >= 15 is 0 Å². The van der Waals surface area contributed by atoms with E-state index in [1.54, 1.807) is 0 Å². The third-order valence-corrected chi connectivity index (χ3v) is 4.04. The van der Waals surface area contributed by atoms with E-state index in [9.17, 15) is 4.79 Å². The van der Waals surface area contributed by atoms with Gasteiger partial charge in [0.2, 0.25) is 5.91 Å². The van der Waals surface area contributed by atoms with Gasteiger partial charge in [-0.1, -0.05) is 12.1 Å². The summed E-state index contributed by atoms with van der Waals surface area (Å²) in [6, 6.07) is 7.97. The van der Waals surface area contributed by atoms with E-state index in [1.165, 1.54) is 0 Å². The standard InChI is InChI=1S/C17H23N3O2/c1-3-22-11-10-20-15-7-5-4-6-14(15)19-16(20)12(2)18-17(21)13-8-9-13/h4-7,12-13H,3,8-11H2,1-2H3,(H,18,21). The number of fused-ring (bicyclic) bond motifs is 1. The highest BCUT2D eigenvalue weighted by molar-refractivity contribution is 5.81. The fraction of sp³-hybridized carbons (Fsp3) is 0.529. The van der Waals surface area contributed by atoms with Gasteiger partial charge >= 0.3 is 0 Å². The lowest BCUT2D eigenvalue weighted by Gasteiger charge is -2.16. The molecule has 1 amide bonds. The maximum Gasteiger partial charge on any atom is 0.223 e. The average molecular weight is 301 g/mol. The largest absolute Gasteiger partial charge is 0.380 e. The molecule has 1 aromatic carbocycles. The van der Waals surface area contributed by atoms with Crippen molar-refractivity contribution in [2.24, 2.45) is 5.92 Å². The number of para-hydroxylation sites is 2. The number of carbonyl (C=O) groups excluding carboxylic acids is 1. The lowest BCUT2D eigenvalue weighted by atomic mass is 10.2. The Hall–Kier alpha value is -1.88. The molecule has 1 fully saturated rings. The summed E-state index contributed by atoms with van der Waals surface area (Å²) in [5, 5.41) is 3.09. The highest BCUT2D eigenvalue weighted by Crippen LogP contribution is 2.30. The van der Waals surface area contributed by atoms with Crippen molar-refractivity contribution in [3.63, 3.8) is 0 Å². The molecule has 0 radical (unpaired) electrons. The third kappa shape index (κ3) is 3.14. The summed E-state index contributed by atoms with van der Waals surface area (Å²) in [4.78, 5) is 16.7. The first-order valence-corrected chi connectivity index (χ1v) is 8.04. The molecular formula is C17H23N3O2. The van der Waals surface area contributed by atoms with Crippen molar-refractivity contribution in [1.82, 2.24) is 14.9 Å². The maximum absolute atomic E-state index is 12.0. The van der Waals surface area contributed by atoms with Crippen molar-refractivity contribution in [2.75, 3.05) is 13.2 Å². The molecule has 1 saturated carbocycles. The number of hydrogen-bond acceptors (Lipinski definition) is 3. The van der Waals surface area contributed by atoms with Gasteiger partial charge in [0.05, 0.1) is 23.7 Å². The normalized spacial score (nSPS) is 15.9. The molecule has 2 aromatic rings. The van der Waals surface area contributed by atoms with Crippen LogP contribution < -0.4 is 5.32 Å². The molecule has 1 heterocycles. The average Bonchev–Trinajstić information content (AvgIpc) is 3.30. The number of rotatable bonds is 7. The van der Waals surface area contributed by atoms with Gasteiger partial charge in [0, 0.05) is 19.1 Å². The Labute approximate surface area is 130 Å². The van der Waals surface area contributed by atoms with Gasteiger partial charge in [0.15, 0.2) is 0 Å². The monoisotopic (exact) mass is 301 g/mol. The smallest absolute Gasteiger partial charge is 0.223 e. The van der Waals surface area contributed by atoms with Crippen LogP contribution in [0.1, 0.15) is 38.6 Å². The molecule has 1 aromatic heterocycles. The van der Waals surface area contributed by atoms with Gasteiger partial charge in [-0.2, -0.15) is 0 Å². The Morgan fingerprint density at radius 2 is 2.23 bits per heavy atom. The predicted molar refractivity (Wildman–Crippen MR) is 85.5 cm³/mol. The Morgan fingerprint density at radius 1 is 1.45 bits per heavy atom. The zero-order valence-electron chi connectivity index (χ0n) is 13.2. The van der Waals surface area contributed by atoms with Gasteiger partial charge in [-0.15, -0.1) is 0 Å². The van der Waals surface area contributed by atoms with E-state index in [2.05, 4.69) is 16.0 Å². The van der Waals surface area contributed by atoms with Crippen LogP contribution in [0.3, 0.4) is 0 Å². The maximum atomic E-state index is 12.0. The molecule has 1 aliphatic rings. The zero-order chi connectivity index (χ0) is 15.5. The molecule has 1 atom stereocenters. The van der Waals surface area contributed by atoms with Gasteiger partial charge in [-0.05, 0) is 38.8 Å². The van der Waals surface area contributed by atoms with Crippen molar-refractivity contribution < 1.29 is 9.53 Å². The Kier molecular flexibility index (Phi) is 4.43. The van der Waals surface area contributed by atoms with Crippen LogP contribution >= 0.6 is 0 Å². The number of ether oxygens (including phenoxy) is 1. The minimum atomic E-state index is -0.0953. The topological polar surface area (TPSA) is 56.1 Å². The molecule has 1 aliphatic carbocycles. The molecular weight excluding hydrogens is 278 g/mol. The lowest BCUT2D eigenvalue weighted by molar-refractivity contribution is -0.123. The van der Waals surface area contributed by atoms with Crippen LogP contribution in [-0.2, 0) is 16.1 Å². The molecule has 3 rings (SSSR count). The molecule has 0 saturated heterocycles. The first-order chi connectivity index (χ1) is 10.7. The van der Waals surface area contributed by atoms with Crippen LogP contribution in [0.2, 0.25) is 0 Å². The van der Waals surface area contributed by atoms with Crippen molar-refractivity contribution in [2.45, 2.75) is 39.3 Å². The minimum absolute atomic E-state index is 0.0953. The fourth-order valence-corrected chi connectivity index (χ4v) is 2.70.